The summed E-state index contributed by atoms with van der Waals surface area (Å²) < 4.78 is 45.9. The van der Waals surface area contributed by atoms with Crippen molar-refractivity contribution in [1.82, 2.24) is 9.71 Å². The number of hydrogen-bond acceptors (Lipinski definition) is 5. The van der Waals surface area contributed by atoms with Gasteiger partial charge in [0.1, 0.15) is 15.8 Å². The largest absolute Gasteiger partial charge is 0.439 e. The average Bonchev–Trinajstić information content (AvgIpc) is 3.10. The third kappa shape index (κ3) is 3.97. The summed E-state index contributed by atoms with van der Waals surface area (Å²) in [7, 11) is -3.59. The zero-order chi connectivity index (χ0) is 17.0. The molecule has 8 heteroatoms. The van der Waals surface area contributed by atoms with Crippen molar-refractivity contribution in [3.63, 3.8) is 0 Å². The molecule has 0 aliphatic rings. The molecular weight excluding hydrogens is 351 g/mol. The summed E-state index contributed by atoms with van der Waals surface area (Å²) in [6, 6.07) is 12.2. The number of benzene rings is 1. The molecule has 0 amide bonds. The molecule has 0 atom stereocenters. The van der Waals surface area contributed by atoms with Gasteiger partial charge in [0.25, 0.3) is 0 Å². The highest BCUT2D eigenvalue weighted by atomic mass is 32.2. The lowest BCUT2D eigenvalue weighted by molar-refractivity contribution is 0.451. The molecule has 0 saturated carbocycles. The Labute approximate surface area is 142 Å². The number of rotatable bonds is 6. The van der Waals surface area contributed by atoms with Gasteiger partial charge in [-0.1, -0.05) is 18.2 Å². The molecule has 0 aliphatic heterocycles. The number of halogens is 1. The summed E-state index contributed by atoms with van der Waals surface area (Å²) in [5.74, 6) is 0.0800. The van der Waals surface area contributed by atoms with Crippen LogP contribution in [0.15, 0.2) is 64.3 Å². The van der Waals surface area contributed by atoms with Gasteiger partial charge in [-0.05, 0) is 29.6 Å². The molecule has 0 unspecified atom stereocenters. The van der Waals surface area contributed by atoms with E-state index in [1.54, 1.807) is 29.6 Å². The molecule has 0 bridgehead atoms. The zero-order valence-electron chi connectivity index (χ0n) is 12.3. The van der Waals surface area contributed by atoms with Crippen molar-refractivity contribution in [3.8, 4) is 11.6 Å². The molecule has 1 aromatic carbocycles. The molecule has 3 aromatic rings. The van der Waals surface area contributed by atoms with Crippen LogP contribution in [0.3, 0.4) is 0 Å². The van der Waals surface area contributed by atoms with Crippen molar-refractivity contribution in [2.75, 3.05) is 0 Å². The maximum Gasteiger partial charge on any atom is 0.250 e. The standard InChI is InChI=1S/C16H13FN2O3S2/c17-13-5-1-6-14(10-13)22-16-12(4-2-8-18-16)11-19-24(20,21)15-7-3-9-23-15/h1-10,19H,11H2. The van der Waals surface area contributed by atoms with Gasteiger partial charge < -0.3 is 4.74 Å². The summed E-state index contributed by atoms with van der Waals surface area (Å²) in [6.07, 6.45) is 1.52. The quantitative estimate of drug-likeness (QED) is 0.726. The van der Waals surface area contributed by atoms with Crippen LogP contribution in [0.1, 0.15) is 5.56 Å². The summed E-state index contributed by atoms with van der Waals surface area (Å²) in [4.78, 5) is 4.09. The number of thiophene rings is 1. The second kappa shape index (κ2) is 7.08. The van der Waals surface area contributed by atoms with E-state index < -0.39 is 15.8 Å². The lowest BCUT2D eigenvalue weighted by atomic mass is 10.3. The Bertz CT molecular complexity index is 928. The SMILES string of the molecule is O=S(=O)(NCc1cccnc1Oc1cccc(F)c1)c1cccs1. The van der Waals surface area contributed by atoms with Crippen LogP contribution in [0.4, 0.5) is 4.39 Å². The fourth-order valence-corrected chi connectivity index (χ4v) is 4.00. The van der Waals surface area contributed by atoms with E-state index in [9.17, 15) is 12.8 Å². The average molecular weight is 364 g/mol. The Hall–Kier alpha value is -2.29. The van der Waals surface area contributed by atoms with E-state index in [2.05, 4.69) is 9.71 Å². The second-order valence-corrected chi connectivity index (χ2v) is 7.73. The Morgan fingerprint density at radius 1 is 1.17 bits per heavy atom. The van der Waals surface area contributed by atoms with E-state index in [4.69, 9.17) is 4.74 Å². The van der Waals surface area contributed by atoms with Gasteiger partial charge in [-0.2, -0.15) is 0 Å². The first-order valence-corrected chi connectivity index (χ1v) is 9.31. The monoisotopic (exact) mass is 364 g/mol. The van der Waals surface area contributed by atoms with Crippen LogP contribution >= 0.6 is 11.3 Å². The van der Waals surface area contributed by atoms with E-state index in [0.29, 0.717) is 5.56 Å². The topological polar surface area (TPSA) is 68.3 Å². The smallest absolute Gasteiger partial charge is 0.250 e. The van der Waals surface area contributed by atoms with Gasteiger partial charge in [-0.25, -0.2) is 22.5 Å². The van der Waals surface area contributed by atoms with Gasteiger partial charge >= 0.3 is 0 Å². The lowest BCUT2D eigenvalue weighted by Gasteiger charge is -2.10. The first-order chi connectivity index (χ1) is 11.5. The van der Waals surface area contributed by atoms with E-state index >= 15 is 0 Å². The first-order valence-electron chi connectivity index (χ1n) is 6.95. The highest BCUT2D eigenvalue weighted by Gasteiger charge is 2.16. The fraction of sp³-hybridized carbons (Fsp3) is 0.0625. The van der Waals surface area contributed by atoms with Crippen molar-refractivity contribution in [2.45, 2.75) is 10.8 Å². The molecule has 0 spiro atoms. The van der Waals surface area contributed by atoms with Gasteiger partial charge in [-0.15, -0.1) is 11.3 Å². The van der Waals surface area contributed by atoms with Crippen LogP contribution in [0.2, 0.25) is 0 Å². The van der Waals surface area contributed by atoms with Crippen molar-refractivity contribution < 1.29 is 17.5 Å². The Kier molecular flexibility index (Phi) is 4.89. The normalized spacial score (nSPS) is 11.4. The predicted molar refractivity (Wildman–Crippen MR) is 89.1 cm³/mol. The molecule has 0 radical (unpaired) electrons. The van der Waals surface area contributed by atoms with Crippen LogP contribution in [0, 0.1) is 5.82 Å². The number of nitrogens with zero attached hydrogens (tertiary/aromatic N) is 1. The van der Waals surface area contributed by atoms with Gasteiger partial charge in [0, 0.05) is 24.4 Å². The summed E-state index contributed by atoms with van der Waals surface area (Å²) in [5, 5.41) is 1.69. The highest BCUT2D eigenvalue weighted by molar-refractivity contribution is 7.91. The molecule has 1 N–H and O–H groups in total. The van der Waals surface area contributed by atoms with Crippen LogP contribution in [-0.2, 0) is 16.6 Å². The van der Waals surface area contributed by atoms with Gasteiger partial charge in [-0.3, -0.25) is 0 Å². The molecule has 5 nitrogen and oxygen atoms in total. The maximum atomic E-state index is 13.2. The summed E-state index contributed by atoms with van der Waals surface area (Å²) in [6.45, 7) is 0.0126. The molecule has 3 rings (SSSR count). The number of hydrogen-bond donors (Lipinski definition) is 1. The van der Waals surface area contributed by atoms with E-state index in [1.807, 2.05) is 0 Å². The number of aromatic nitrogens is 1. The maximum absolute atomic E-state index is 13.2. The third-order valence-electron chi connectivity index (χ3n) is 3.07. The number of nitrogens with one attached hydrogen (secondary N) is 1. The molecule has 0 fully saturated rings. The first kappa shape index (κ1) is 16.6. The van der Waals surface area contributed by atoms with Crippen LogP contribution in [0.5, 0.6) is 11.6 Å². The number of sulfonamides is 1. The Morgan fingerprint density at radius 3 is 2.79 bits per heavy atom. The molecule has 0 saturated heterocycles. The minimum atomic E-state index is -3.59. The Morgan fingerprint density at radius 2 is 2.04 bits per heavy atom. The van der Waals surface area contributed by atoms with E-state index in [0.717, 1.165) is 11.3 Å². The van der Waals surface area contributed by atoms with Crippen molar-refractivity contribution in [1.29, 1.82) is 0 Å². The molecule has 124 valence electrons. The molecular formula is C16H13FN2O3S2. The van der Waals surface area contributed by atoms with Gasteiger partial charge in [0.05, 0.1) is 0 Å². The zero-order valence-corrected chi connectivity index (χ0v) is 14.0. The summed E-state index contributed by atoms with van der Waals surface area (Å²) in [5.41, 5.74) is 0.543. The fourth-order valence-electron chi connectivity index (χ4n) is 1.95. The Balaban J connectivity index is 1.77. The van der Waals surface area contributed by atoms with Crippen LogP contribution in [0.25, 0.3) is 0 Å². The van der Waals surface area contributed by atoms with Gasteiger partial charge in [0.2, 0.25) is 15.9 Å². The lowest BCUT2D eigenvalue weighted by Crippen LogP contribution is -2.22. The molecule has 0 aliphatic carbocycles. The van der Waals surface area contributed by atoms with Crippen LogP contribution < -0.4 is 9.46 Å². The number of ether oxygens (including phenoxy) is 1. The molecule has 2 aromatic heterocycles. The highest BCUT2D eigenvalue weighted by Crippen LogP contribution is 2.24. The van der Waals surface area contributed by atoms with Crippen molar-refractivity contribution >= 4 is 21.4 Å². The predicted octanol–water partition coefficient (Wildman–Crippen LogP) is 3.55. The van der Waals surface area contributed by atoms with Crippen LogP contribution in [-0.4, -0.2) is 13.4 Å². The van der Waals surface area contributed by atoms with E-state index in [-0.39, 0.29) is 22.4 Å². The third-order valence-corrected chi connectivity index (χ3v) is 5.87. The number of pyridine rings is 1. The minimum Gasteiger partial charge on any atom is -0.439 e. The van der Waals surface area contributed by atoms with Crippen molar-refractivity contribution in [2.24, 2.45) is 0 Å². The molecule has 24 heavy (non-hydrogen) atoms. The van der Waals surface area contributed by atoms with E-state index in [1.165, 1.54) is 30.5 Å². The molecule has 2 heterocycles. The minimum absolute atomic E-state index is 0.0126. The second-order valence-electron chi connectivity index (χ2n) is 4.78. The van der Waals surface area contributed by atoms with Gasteiger partial charge in [0.15, 0.2) is 0 Å². The summed E-state index contributed by atoms with van der Waals surface area (Å²) >= 11 is 1.13. The van der Waals surface area contributed by atoms with Crippen molar-refractivity contribution in [3.05, 3.63) is 71.5 Å².